The van der Waals surface area contributed by atoms with Gasteiger partial charge in [0.2, 0.25) is 11.0 Å². The number of nitrogens with one attached hydrogen (secondary N) is 3. The topological polar surface area (TPSA) is 96.0 Å². The maximum absolute atomic E-state index is 11.7. The fourth-order valence-corrected chi connectivity index (χ4v) is 3.46. The third-order valence-corrected chi connectivity index (χ3v) is 4.91. The molecule has 116 valence electrons. The molecule has 0 aromatic carbocycles. The first-order chi connectivity index (χ1) is 10.7. The number of anilines is 2. The van der Waals surface area contributed by atoms with Gasteiger partial charge >= 0.3 is 6.03 Å². The highest BCUT2D eigenvalue weighted by Crippen LogP contribution is 2.25. The van der Waals surface area contributed by atoms with E-state index < -0.39 is 0 Å². The number of rotatable bonds is 7. The van der Waals surface area contributed by atoms with Gasteiger partial charge in [0.1, 0.15) is 0 Å². The predicted octanol–water partition coefficient (Wildman–Crippen LogP) is 2.64. The summed E-state index contributed by atoms with van der Waals surface area (Å²) in [7, 11) is 0. The molecular weight excluding hydrogens is 342 g/mol. The van der Waals surface area contributed by atoms with E-state index in [1.54, 1.807) is 12.1 Å². The summed E-state index contributed by atoms with van der Waals surface area (Å²) in [5.74, 6) is 0.134. The fourth-order valence-electron chi connectivity index (χ4n) is 1.27. The van der Waals surface area contributed by atoms with E-state index in [1.165, 1.54) is 34.4 Å². The van der Waals surface area contributed by atoms with Crippen molar-refractivity contribution in [2.75, 3.05) is 22.9 Å². The Hall–Kier alpha value is -1.91. The molecule has 0 spiro atoms. The number of hydrogen-bond donors (Lipinski definition) is 3. The molecule has 22 heavy (non-hydrogen) atoms. The minimum atomic E-state index is -0.376. The van der Waals surface area contributed by atoms with E-state index in [0.717, 1.165) is 5.00 Å². The first-order valence-corrected chi connectivity index (χ1v) is 8.81. The number of hydrogen-bond acceptors (Lipinski definition) is 7. The summed E-state index contributed by atoms with van der Waals surface area (Å²) >= 11 is 3.90. The first-order valence-electron chi connectivity index (χ1n) is 6.13. The van der Waals surface area contributed by atoms with Crippen LogP contribution in [0.3, 0.4) is 0 Å². The summed E-state index contributed by atoms with van der Waals surface area (Å²) in [6.07, 6.45) is 1.61. The molecule has 0 saturated heterocycles. The van der Waals surface area contributed by atoms with E-state index in [4.69, 9.17) is 0 Å². The van der Waals surface area contributed by atoms with Crippen LogP contribution < -0.4 is 16.0 Å². The number of thioether (sulfide) groups is 1. The van der Waals surface area contributed by atoms with Crippen molar-refractivity contribution in [3.05, 3.63) is 30.2 Å². The Morgan fingerprint density at radius 2 is 2.23 bits per heavy atom. The molecule has 0 saturated carbocycles. The lowest BCUT2D eigenvalue weighted by molar-refractivity contribution is -0.118. The molecule has 2 aromatic rings. The summed E-state index contributed by atoms with van der Waals surface area (Å²) in [4.78, 5) is 23.2. The van der Waals surface area contributed by atoms with Crippen LogP contribution in [0.25, 0.3) is 0 Å². The molecule has 2 rings (SSSR count). The van der Waals surface area contributed by atoms with E-state index in [9.17, 15) is 9.59 Å². The lowest BCUT2D eigenvalue weighted by atomic mass is 10.6. The molecule has 7 nitrogen and oxygen atoms in total. The van der Waals surface area contributed by atoms with Crippen molar-refractivity contribution in [1.82, 2.24) is 15.5 Å². The van der Waals surface area contributed by atoms with Gasteiger partial charge in [-0.1, -0.05) is 29.2 Å². The molecule has 2 aromatic heterocycles. The first kappa shape index (κ1) is 16.5. The highest BCUT2D eigenvalue weighted by Gasteiger charge is 2.10. The minimum absolute atomic E-state index is 0.106. The molecule has 10 heteroatoms. The van der Waals surface area contributed by atoms with E-state index in [1.807, 2.05) is 11.4 Å². The number of carbonyl (C=O) groups is 2. The second-order valence-corrected chi connectivity index (χ2v) is 6.96. The highest BCUT2D eigenvalue weighted by atomic mass is 32.2. The maximum atomic E-state index is 11.7. The number of nitrogens with zero attached hydrogens (tertiary/aromatic N) is 2. The Kier molecular flexibility index (Phi) is 6.37. The number of aromatic nitrogens is 2. The average molecular weight is 355 g/mol. The largest absolute Gasteiger partial charge is 0.352 e. The van der Waals surface area contributed by atoms with Gasteiger partial charge in [0, 0.05) is 6.54 Å². The standard InChI is InChI=1S/C12H13N5O2S3/c1-2-5-13-8(18)7-21-12-17-16-11(22-12)15-10(19)14-9-4-3-6-20-9/h2-4,6H,1,5,7H2,(H,13,18)(H2,14,15,16,19). The van der Waals surface area contributed by atoms with Crippen LogP contribution in [0.1, 0.15) is 0 Å². The van der Waals surface area contributed by atoms with Crippen LogP contribution in [0.2, 0.25) is 0 Å². The van der Waals surface area contributed by atoms with Crippen LogP contribution >= 0.6 is 34.4 Å². The van der Waals surface area contributed by atoms with Crippen LogP contribution in [0.4, 0.5) is 14.9 Å². The summed E-state index contributed by atoms with van der Waals surface area (Å²) in [5, 5.41) is 18.7. The van der Waals surface area contributed by atoms with E-state index >= 15 is 0 Å². The third kappa shape index (κ3) is 5.47. The van der Waals surface area contributed by atoms with Crippen molar-refractivity contribution in [2.24, 2.45) is 0 Å². The SMILES string of the molecule is C=CCNC(=O)CSc1nnc(NC(=O)Nc2cccs2)s1. The van der Waals surface area contributed by atoms with Gasteiger partial charge < -0.3 is 5.32 Å². The Morgan fingerprint density at radius 3 is 2.95 bits per heavy atom. The van der Waals surface area contributed by atoms with Gasteiger partial charge in [-0.05, 0) is 17.5 Å². The quantitative estimate of drug-likeness (QED) is 0.403. The highest BCUT2D eigenvalue weighted by molar-refractivity contribution is 8.01. The molecule has 0 radical (unpaired) electrons. The molecular formula is C12H13N5O2S3. The zero-order valence-electron chi connectivity index (χ0n) is 11.4. The van der Waals surface area contributed by atoms with E-state index in [0.29, 0.717) is 16.0 Å². The molecule has 0 unspecified atom stereocenters. The van der Waals surface area contributed by atoms with E-state index in [2.05, 4.69) is 32.7 Å². The Labute approximate surface area is 139 Å². The number of thiophene rings is 1. The number of amides is 3. The predicted molar refractivity (Wildman–Crippen MR) is 90.8 cm³/mol. The molecule has 2 heterocycles. The number of carbonyl (C=O) groups excluding carboxylic acids is 2. The molecule has 0 bridgehead atoms. The van der Waals surface area contributed by atoms with Crippen LogP contribution in [0, 0.1) is 0 Å². The Bertz CT molecular complexity index is 641. The fraction of sp³-hybridized carbons (Fsp3) is 0.167. The third-order valence-electron chi connectivity index (χ3n) is 2.16. The van der Waals surface area contributed by atoms with Crippen molar-refractivity contribution in [1.29, 1.82) is 0 Å². The van der Waals surface area contributed by atoms with Crippen LogP contribution in [-0.2, 0) is 4.79 Å². The van der Waals surface area contributed by atoms with Crippen molar-refractivity contribution < 1.29 is 9.59 Å². The summed E-state index contributed by atoms with van der Waals surface area (Å²) < 4.78 is 0.611. The number of urea groups is 1. The Balaban J connectivity index is 1.77. The Morgan fingerprint density at radius 1 is 1.36 bits per heavy atom. The summed E-state index contributed by atoms with van der Waals surface area (Å²) in [5.41, 5.74) is 0. The maximum Gasteiger partial charge on any atom is 0.326 e. The smallest absolute Gasteiger partial charge is 0.326 e. The van der Waals surface area contributed by atoms with Crippen molar-refractivity contribution in [2.45, 2.75) is 4.34 Å². The normalized spacial score (nSPS) is 10.0. The van der Waals surface area contributed by atoms with Gasteiger partial charge in [0.05, 0.1) is 10.8 Å². The van der Waals surface area contributed by atoms with Gasteiger partial charge in [-0.2, -0.15) is 0 Å². The monoisotopic (exact) mass is 355 g/mol. The second kappa shape index (κ2) is 8.51. The zero-order chi connectivity index (χ0) is 15.8. The second-order valence-electron chi connectivity index (χ2n) is 3.81. The molecule has 0 atom stereocenters. The lowest BCUT2D eigenvalue weighted by Gasteiger charge is -2.01. The zero-order valence-corrected chi connectivity index (χ0v) is 13.8. The molecule has 0 aliphatic heterocycles. The summed E-state index contributed by atoms with van der Waals surface area (Å²) in [6, 6.07) is 3.27. The minimum Gasteiger partial charge on any atom is -0.352 e. The summed E-state index contributed by atoms with van der Waals surface area (Å²) in [6.45, 7) is 3.96. The van der Waals surface area contributed by atoms with Crippen LogP contribution in [0.5, 0.6) is 0 Å². The van der Waals surface area contributed by atoms with Crippen molar-refractivity contribution >= 4 is 56.5 Å². The van der Waals surface area contributed by atoms with Crippen molar-refractivity contribution in [3.63, 3.8) is 0 Å². The van der Waals surface area contributed by atoms with Gasteiger partial charge in [-0.15, -0.1) is 28.1 Å². The van der Waals surface area contributed by atoms with Gasteiger partial charge in [-0.3, -0.25) is 15.4 Å². The van der Waals surface area contributed by atoms with Crippen molar-refractivity contribution in [3.8, 4) is 0 Å². The van der Waals surface area contributed by atoms with Gasteiger partial charge in [-0.25, -0.2) is 4.79 Å². The molecule has 0 aliphatic carbocycles. The van der Waals surface area contributed by atoms with Crippen LogP contribution in [-0.4, -0.2) is 34.4 Å². The van der Waals surface area contributed by atoms with Crippen LogP contribution in [0.15, 0.2) is 34.5 Å². The molecule has 3 amide bonds. The lowest BCUT2D eigenvalue weighted by Crippen LogP contribution is -2.24. The van der Waals surface area contributed by atoms with Gasteiger partial charge in [0.25, 0.3) is 0 Å². The average Bonchev–Trinajstić information content (AvgIpc) is 3.14. The van der Waals surface area contributed by atoms with Gasteiger partial charge in [0.15, 0.2) is 4.34 Å². The molecule has 0 fully saturated rings. The molecule has 3 N–H and O–H groups in total. The molecule has 0 aliphatic rings. The van der Waals surface area contributed by atoms with E-state index in [-0.39, 0.29) is 17.7 Å².